The van der Waals surface area contributed by atoms with Crippen molar-refractivity contribution >= 4 is 33.0 Å². The molecule has 0 heterocycles. The lowest BCUT2D eigenvalue weighted by molar-refractivity contribution is 0.189. The fourth-order valence-electron chi connectivity index (χ4n) is 0.153. The van der Waals surface area contributed by atoms with E-state index in [2.05, 4.69) is 16.5 Å². The van der Waals surface area contributed by atoms with Gasteiger partial charge < -0.3 is 5.73 Å². The fraction of sp³-hybridized carbons (Fsp3) is 0. The molecular formula is C2H6N4O3S2. The van der Waals surface area contributed by atoms with Crippen LogP contribution in [0.2, 0.25) is 0 Å². The Kier molecular flexibility index (Phi) is 3.89. The summed E-state index contributed by atoms with van der Waals surface area (Å²) < 4.78 is 24.5. The van der Waals surface area contributed by atoms with Gasteiger partial charge in [0.25, 0.3) is 0 Å². The fourth-order valence-corrected chi connectivity index (χ4v) is 0.401. The maximum Gasteiger partial charge on any atom is 0.324 e. The van der Waals surface area contributed by atoms with Crippen LogP contribution in [0.15, 0.2) is 0 Å². The van der Waals surface area contributed by atoms with Gasteiger partial charge in [-0.15, -0.1) is 0 Å². The Morgan fingerprint density at radius 3 is 2.64 bits per heavy atom. The minimum absolute atomic E-state index is 0.126. The Balaban J connectivity index is 3.72. The molecule has 0 aromatic carbocycles. The lowest BCUT2D eigenvalue weighted by Crippen LogP contribution is -2.41. The van der Waals surface area contributed by atoms with Gasteiger partial charge in [-0.25, -0.2) is 0 Å². The van der Waals surface area contributed by atoms with E-state index in [1.54, 1.807) is 5.59 Å². The molecule has 5 N–H and O–H groups in total. The van der Waals surface area contributed by atoms with Crippen LogP contribution >= 0.6 is 12.2 Å². The third-order valence-corrected chi connectivity index (χ3v) is 1.18. The van der Waals surface area contributed by atoms with E-state index >= 15 is 0 Å². The Morgan fingerprint density at radius 2 is 2.27 bits per heavy atom. The summed E-state index contributed by atoms with van der Waals surface area (Å²) in [7, 11) is -3.96. The zero-order chi connectivity index (χ0) is 8.91. The summed E-state index contributed by atoms with van der Waals surface area (Å²) in [5, 5.41) is 6.15. The highest BCUT2D eigenvalue weighted by molar-refractivity contribution is 8.00. The molecule has 0 aliphatic carbocycles. The van der Waals surface area contributed by atoms with Crippen LogP contribution in [-0.4, -0.2) is 19.1 Å². The second-order valence-electron chi connectivity index (χ2n) is 1.29. The number of rotatable bonds is 4. The number of thiocarbonyl (C=S) groups is 1. The molecule has 0 saturated carbocycles. The summed E-state index contributed by atoms with van der Waals surface area (Å²) in [5.41, 5.74) is 8.73. The Hall–Kier alpha value is -0.770. The van der Waals surface area contributed by atoms with Crippen LogP contribution in [0.1, 0.15) is 0 Å². The van der Waals surface area contributed by atoms with Crippen molar-refractivity contribution in [1.82, 2.24) is 11.0 Å². The number of hydrogen-bond donors (Lipinski definition) is 4. The lowest BCUT2D eigenvalue weighted by Gasteiger charge is -2.02. The second kappa shape index (κ2) is 4.18. The van der Waals surface area contributed by atoms with Crippen LogP contribution in [-0.2, 0) is 14.4 Å². The normalized spacial score (nSPS) is 10.5. The van der Waals surface area contributed by atoms with Gasteiger partial charge in [-0.05, 0) is 12.2 Å². The van der Waals surface area contributed by atoms with Crippen molar-refractivity contribution in [3.05, 3.63) is 0 Å². The standard InChI is InChI=1S/C2H6N4O3S2/c3-1-11(7,8)9-6-5-2(4)10/h1,3,6H,(H3,4,5,10). The average Bonchev–Trinajstić information content (AvgIpc) is 1.87. The first-order chi connectivity index (χ1) is 4.98. The van der Waals surface area contributed by atoms with Crippen LogP contribution in [0.25, 0.3) is 0 Å². The quantitative estimate of drug-likeness (QED) is 0.182. The molecule has 0 radical (unpaired) electrons. The van der Waals surface area contributed by atoms with Crippen molar-refractivity contribution in [3.63, 3.8) is 0 Å². The maximum absolute atomic E-state index is 10.3. The maximum atomic E-state index is 10.3. The van der Waals surface area contributed by atoms with E-state index in [1.807, 2.05) is 5.43 Å². The highest BCUT2D eigenvalue weighted by Gasteiger charge is 2.04. The van der Waals surface area contributed by atoms with Crippen molar-refractivity contribution in [1.29, 1.82) is 5.41 Å². The summed E-state index contributed by atoms with van der Waals surface area (Å²) in [6, 6.07) is 0. The van der Waals surface area contributed by atoms with Crippen molar-refractivity contribution in [3.8, 4) is 0 Å². The summed E-state index contributed by atoms with van der Waals surface area (Å²) in [6.07, 6.45) is 0. The molecule has 0 atom stereocenters. The first-order valence-corrected chi connectivity index (χ1v) is 4.10. The first kappa shape index (κ1) is 10.2. The van der Waals surface area contributed by atoms with E-state index < -0.39 is 10.1 Å². The van der Waals surface area contributed by atoms with Crippen LogP contribution in [0, 0.1) is 5.41 Å². The van der Waals surface area contributed by atoms with Gasteiger partial charge in [0.1, 0.15) is 5.55 Å². The molecule has 0 unspecified atom stereocenters. The van der Waals surface area contributed by atoms with E-state index in [1.165, 1.54) is 0 Å². The molecule has 64 valence electrons. The third-order valence-electron chi connectivity index (χ3n) is 0.476. The highest BCUT2D eigenvalue weighted by Crippen LogP contribution is 1.79. The van der Waals surface area contributed by atoms with Gasteiger partial charge in [0.05, 0.1) is 0 Å². The van der Waals surface area contributed by atoms with Gasteiger partial charge in [-0.3, -0.25) is 10.8 Å². The number of hydrogen-bond acceptors (Lipinski definition) is 6. The van der Waals surface area contributed by atoms with Gasteiger partial charge >= 0.3 is 10.1 Å². The van der Waals surface area contributed by atoms with Gasteiger partial charge in [-0.2, -0.15) is 12.7 Å². The Morgan fingerprint density at radius 1 is 1.73 bits per heavy atom. The molecule has 0 rings (SSSR count). The molecule has 11 heavy (non-hydrogen) atoms. The summed E-state index contributed by atoms with van der Waals surface area (Å²) in [5.74, 6) is 0. The summed E-state index contributed by atoms with van der Waals surface area (Å²) >= 11 is 4.29. The predicted molar refractivity (Wildman–Crippen MR) is 41.8 cm³/mol. The smallest absolute Gasteiger partial charge is 0.324 e. The van der Waals surface area contributed by atoms with E-state index in [9.17, 15) is 8.42 Å². The van der Waals surface area contributed by atoms with Crippen LogP contribution in [0.4, 0.5) is 0 Å². The van der Waals surface area contributed by atoms with Crippen LogP contribution < -0.4 is 16.7 Å². The minimum Gasteiger partial charge on any atom is -0.375 e. The summed E-state index contributed by atoms with van der Waals surface area (Å²) in [4.78, 5) is 0. The van der Waals surface area contributed by atoms with Crippen molar-refractivity contribution in [2.45, 2.75) is 0 Å². The van der Waals surface area contributed by atoms with E-state index in [-0.39, 0.29) is 10.7 Å². The Bertz CT molecular complexity index is 246. The first-order valence-electron chi connectivity index (χ1n) is 2.22. The minimum atomic E-state index is -3.96. The van der Waals surface area contributed by atoms with Gasteiger partial charge in [-0.1, -0.05) is 5.59 Å². The van der Waals surface area contributed by atoms with Crippen LogP contribution in [0.3, 0.4) is 0 Å². The molecule has 0 saturated heterocycles. The van der Waals surface area contributed by atoms with Crippen LogP contribution in [0.5, 0.6) is 0 Å². The van der Waals surface area contributed by atoms with Crippen molar-refractivity contribution in [2.75, 3.05) is 0 Å². The monoisotopic (exact) mass is 198 g/mol. The van der Waals surface area contributed by atoms with E-state index in [0.29, 0.717) is 0 Å². The van der Waals surface area contributed by atoms with E-state index in [0.717, 1.165) is 0 Å². The molecule has 0 aliphatic rings. The molecule has 0 fully saturated rings. The SMILES string of the molecule is N=CS(=O)(=O)ONNC(N)=S. The highest BCUT2D eigenvalue weighted by atomic mass is 32.2. The molecule has 0 aliphatic heterocycles. The largest absolute Gasteiger partial charge is 0.375 e. The molecule has 0 aromatic rings. The lowest BCUT2D eigenvalue weighted by atomic mass is 11.2. The summed E-state index contributed by atoms with van der Waals surface area (Å²) in [6.45, 7) is 0. The zero-order valence-electron chi connectivity index (χ0n) is 5.20. The van der Waals surface area contributed by atoms with Crippen molar-refractivity contribution in [2.24, 2.45) is 5.73 Å². The molecule has 0 bridgehead atoms. The Labute approximate surface area is 68.5 Å². The van der Waals surface area contributed by atoms with Gasteiger partial charge in [0.15, 0.2) is 5.11 Å². The number of nitrogens with two attached hydrogens (primary N) is 1. The second-order valence-corrected chi connectivity index (χ2v) is 3.11. The van der Waals surface area contributed by atoms with E-state index in [4.69, 9.17) is 11.1 Å². The number of hydrazine groups is 1. The number of nitrogens with one attached hydrogen (secondary N) is 3. The molecule has 0 amide bonds. The van der Waals surface area contributed by atoms with Gasteiger partial charge in [0, 0.05) is 0 Å². The molecule has 7 nitrogen and oxygen atoms in total. The zero-order valence-corrected chi connectivity index (χ0v) is 6.83. The van der Waals surface area contributed by atoms with Crippen molar-refractivity contribution < 1.29 is 12.7 Å². The molecule has 0 aromatic heterocycles. The topological polar surface area (TPSA) is 117 Å². The van der Waals surface area contributed by atoms with Gasteiger partial charge in [0.2, 0.25) is 0 Å². The average molecular weight is 198 g/mol. The molecular weight excluding hydrogens is 192 g/mol. The third kappa shape index (κ3) is 5.66. The predicted octanol–water partition coefficient (Wildman–Crippen LogP) is -1.81. The molecule has 9 heteroatoms. The molecule has 0 spiro atoms.